The monoisotopic (exact) mass is 484 g/mol. The van der Waals surface area contributed by atoms with Crippen molar-refractivity contribution in [3.63, 3.8) is 0 Å². The number of hydrogen-bond acceptors (Lipinski definition) is 3. The van der Waals surface area contributed by atoms with Crippen molar-refractivity contribution in [2.75, 3.05) is 13.2 Å². The predicted octanol–water partition coefficient (Wildman–Crippen LogP) is 7.81. The van der Waals surface area contributed by atoms with Gasteiger partial charge in [0.05, 0.1) is 25.9 Å². The summed E-state index contributed by atoms with van der Waals surface area (Å²) in [4.78, 5) is 0. The van der Waals surface area contributed by atoms with Gasteiger partial charge in [0.15, 0.2) is 23.2 Å². The predicted molar refractivity (Wildman–Crippen MR) is 130 cm³/mol. The van der Waals surface area contributed by atoms with E-state index in [1.54, 1.807) is 48.5 Å². The molecule has 0 saturated heterocycles. The van der Waals surface area contributed by atoms with Crippen LogP contribution in [0.1, 0.15) is 56.6 Å². The number of ether oxygens (including phenoxy) is 3. The number of halogens is 3. The van der Waals surface area contributed by atoms with Gasteiger partial charge in [0.25, 0.3) is 0 Å². The molecule has 0 unspecified atom stereocenters. The van der Waals surface area contributed by atoms with E-state index in [4.69, 9.17) is 14.2 Å². The molecule has 0 spiro atoms. The van der Waals surface area contributed by atoms with Gasteiger partial charge in [0.1, 0.15) is 5.75 Å². The summed E-state index contributed by atoms with van der Waals surface area (Å²) < 4.78 is 60.7. The van der Waals surface area contributed by atoms with Crippen LogP contribution in [0.5, 0.6) is 11.5 Å². The lowest BCUT2D eigenvalue weighted by Crippen LogP contribution is -2.21. The second-order valence-electron chi connectivity index (χ2n) is 8.77. The summed E-state index contributed by atoms with van der Waals surface area (Å²) in [6.07, 6.45) is 2.91. The van der Waals surface area contributed by atoms with Crippen molar-refractivity contribution in [1.29, 1.82) is 0 Å². The molecule has 0 aliphatic heterocycles. The molecule has 0 radical (unpaired) electrons. The summed E-state index contributed by atoms with van der Waals surface area (Å²) >= 11 is 0. The molecule has 0 aromatic heterocycles. The van der Waals surface area contributed by atoms with Gasteiger partial charge >= 0.3 is 0 Å². The first-order chi connectivity index (χ1) is 17.0. The molecule has 6 heteroatoms. The summed E-state index contributed by atoms with van der Waals surface area (Å²) in [7, 11) is 0. The number of hydrogen-bond donors (Lipinski definition) is 0. The van der Waals surface area contributed by atoms with Gasteiger partial charge in [-0.3, -0.25) is 0 Å². The average Bonchev–Trinajstić information content (AvgIpc) is 2.87. The molecule has 1 aliphatic rings. The second kappa shape index (κ2) is 11.6. The van der Waals surface area contributed by atoms with Crippen molar-refractivity contribution < 1.29 is 27.4 Å². The molecule has 3 aromatic rings. The van der Waals surface area contributed by atoms with Crippen LogP contribution in [0.2, 0.25) is 0 Å². The third-order valence-corrected chi connectivity index (χ3v) is 6.48. The Labute approximate surface area is 204 Å². The van der Waals surface area contributed by atoms with E-state index in [0.717, 1.165) is 18.4 Å². The molecule has 0 N–H and O–H groups in total. The van der Waals surface area contributed by atoms with Gasteiger partial charge in [-0.05, 0) is 86.4 Å². The summed E-state index contributed by atoms with van der Waals surface area (Å²) in [6, 6.07) is 15.2. The lowest BCUT2D eigenvalue weighted by atomic mass is 9.82. The normalized spacial score (nSPS) is 17.9. The molecule has 4 rings (SSSR count). The van der Waals surface area contributed by atoms with Crippen molar-refractivity contribution in [1.82, 2.24) is 0 Å². The Hall–Kier alpha value is -2.99. The van der Waals surface area contributed by atoms with E-state index in [1.807, 2.05) is 13.8 Å². The quantitative estimate of drug-likeness (QED) is 0.310. The molecule has 1 aliphatic carbocycles. The van der Waals surface area contributed by atoms with E-state index in [9.17, 15) is 8.78 Å². The van der Waals surface area contributed by atoms with Crippen molar-refractivity contribution in [3.05, 3.63) is 83.2 Å². The molecule has 0 heterocycles. The highest BCUT2D eigenvalue weighted by Crippen LogP contribution is 2.38. The number of rotatable bonds is 9. The zero-order valence-corrected chi connectivity index (χ0v) is 20.2. The molecular formula is C29H31F3O3. The third kappa shape index (κ3) is 5.99. The van der Waals surface area contributed by atoms with E-state index in [-0.39, 0.29) is 23.3 Å². The topological polar surface area (TPSA) is 27.7 Å². The van der Waals surface area contributed by atoms with E-state index < -0.39 is 17.5 Å². The van der Waals surface area contributed by atoms with Crippen LogP contribution in [0.4, 0.5) is 13.2 Å². The van der Waals surface area contributed by atoms with Gasteiger partial charge in [0, 0.05) is 5.56 Å². The van der Waals surface area contributed by atoms with Crippen molar-refractivity contribution in [2.24, 2.45) is 0 Å². The van der Waals surface area contributed by atoms with Crippen LogP contribution in [0.15, 0.2) is 54.6 Å². The molecule has 186 valence electrons. The highest BCUT2D eigenvalue weighted by Gasteiger charge is 2.27. The van der Waals surface area contributed by atoms with Crippen molar-refractivity contribution in [3.8, 4) is 22.6 Å². The SMILES string of the molecule is CCOc1ccc(-c2ccc(C3CCC(OCc4ccc(OCC)c(F)c4)CC3)c(F)c2F)cc1. The highest BCUT2D eigenvalue weighted by atomic mass is 19.2. The summed E-state index contributed by atoms with van der Waals surface area (Å²) in [5, 5.41) is 0. The van der Waals surface area contributed by atoms with E-state index in [0.29, 0.717) is 49.5 Å². The fourth-order valence-corrected chi connectivity index (χ4v) is 4.66. The fourth-order valence-electron chi connectivity index (χ4n) is 4.66. The molecule has 3 aromatic carbocycles. The fraction of sp³-hybridized carbons (Fsp3) is 0.379. The van der Waals surface area contributed by atoms with Crippen molar-refractivity contribution >= 4 is 0 Å². The molecule has 0 bridgehead atoms. The summed E-state index contributed by atoms with van der Waals surface area (Å²) in [6.45, 7) is 4.96. The highest BCUT2D eigenvalue weighted by molar-refractivity contribution is 5.65. The lowest BCUT2D eigenvalue weighted by Gasteiger charge is -2.29. The minimum absolute atomic E-state index is 0.0110. The minimum Gasteiger partial charge on any atom is -0.494 e. The maximum atomic E-state index is 15.0. The lowest BCUT2D eigenvalue weighted by molar-refractivity contribution is 0.0130. The van der Waals surface area contributed by atoms with E-state index in [1.165, 1.54) is 6.07 Å². The van der Waals surface area contributed by atoms with Crippen LogP contribution in [-0.4, -0.2) is 19.3 Å². The molecular weight excluding hydrogens is 453 g/mol. The summed E-state index contributed by atoms with van der Waals surface area (Å²) in [5.41, 5.74) is 2.02. The molecule has 35 heavy (non-hydrogen) atoms. The first kappa shape index (κ1) is 25.1. The zero-order valence-electron chi connectivity index (χ0n) is 20.2. The molecule has 1 saturated carbocycles. The van der Waals surface area contributed by atoms with Gasteiger partial charge in [-0.2, -0.15) is 0 Å². The molecule has 0 atom stereocenters. The number of benzene rings is 3. The smallest absolute Gasteiger partial charge is 0.166 e. The van der Waals surface area contributed by atoms with Gasteiger partial charge in [-0.15, -0.1) is 0 Å². The maximum absolute atomic E-state index is 15.0. The molecule has 3 nitrogen and oxygen atoms in total. The van der Waals surface area contributed by atoms with E-state index >= 15 is 4.39 Å². The Bertz CT molecular complexity index is 1120. The molecule has 1 fully saturated rings. The van der Waals surface area contributed by atoms with Crippen LogP contribution < -0.4 is 9.47 Å². The third-order valence-electron chi connectivity index (χ3n) is 6.48. The standard InChI is InChI=1S/C29H31F3O3/c1-3-33-22-10-6-20(7-11-22)24-14-15-25(29(32)28(24)31)21-8-12-23(13-9-21)35-18-19-5-16-27(34-4-2)26(30)17-19/h5-7,10-11,14-17,21,23H,3-4,8-9,12-13,18H2,1-2H3. The Morgan fingerprint density at radius 1 is 0.771 bits per heavy atom. The van der Waals surface area contributed by atoms with Crippen LogP contribution >= 0.6 is 0 Å². The van der Waals surface area contributed by atoms with Crippen LogP contribution in [0, 0.1) is 17.5 Å². The Kier molecular flexibility index (Phi) is 8.34. The zero-order chi connectivity index (χ0) is 24.8. The van der Waals surface area contributed by atoms with Gasteiger partial charge in [-0.25, -0.2) is 13.2 Å². The summed E-state index contributed by atoms with van der Waals surface area (Å²) in [5.74, 6) is -1.11. The second-order valence-corrected chi connectivity index (χ2v) is 8.77. The maximum Gasteiger partial charge on any atom is 0.166 e. The van der Waals surface area contributed by atoms with Crippen LogP contribution in [0.3, 0.4) is 0 Å². The molecule has 0 amide bonds. The first-order valence-electron chi connectivity index (χ1n) is 12.2. The first-order valence-corrected chi connectivity index (χ1v) is 12.2. The average molecular weight is 485 g/mol. The minimum atomic E-state index is -0.817. The Morgan fingerprint density at radius 3 is 2.14 bits per heavy atom. The van der Waals surface area contributed by atoms with Gasteiger partial charge < -0.3 is 14.2 Å². The van der Waals surface area contributed by atoms with Crippen molar-refractivity contribution in [2.45, 2.75) is 58.2 Å². The largest absolute Gasteiger partial charge is 0.494 e. The van der Waals surface area contributed by atoms with Gasteiger partial charge in [0.2, 0.25) is 0 Å². The van der Waals surface area contributed by atoms with E-state index in [2.05, 4.69) is 0 Å². The Morgan fingerprint density at radius 2 is 1.49 bits per heavy atom. The van der Waals surface area contributed by atoms with Crippen LogP contribution in [0.25, 0.3) is 11.1 Å². The van der Waals surface area contributed by atoms with Crippen LogP contribution in [-0.2, 0) is 11.3 Å². The van der Waals surface area contributed by atoms with Gasteiger partial charge in [-0.1, -0.05) is 30.3 Å². The Balaban J connectivity index is 1.35.